The van der Waals surface area contributed by atoms with Crippen molar-refractivity contribution >= 4 is 5.91 Å². The fourth-order valence-electron chi connectivity index (χ4n) is 3.51. The number of aromatic nitrogens is 2. The highest BCUT2D eigenvalue weighted by Crippen LogP contribution is 2.22. The van der Waals surface area contributed by atoms with Gasteiger partial charge in [-0.15, -0.1) is 0 Å². The van der Waals surface area contributed by atoms with Crippen LogP contribution in [0.5, 0.6) is 0 Å². The molecular weight excluding hydrogens is 314 g/mol. The lowest BCUT2D eigenvalue weighted by Gasteiger charge is -2.32. The summed E-state index contributed by atoms with van der Waals surface area (Å²) in [4.78, 5) is 19.2. The van der Waals surface area contributed by atoms with Crippen molar-refractivity contribution in [1.29, 1.82) is 0 Å². The first-order valence-corrected chi connectivity index (χ1v) is 9.18. The molecule has 0 radical (unpaired) electrons. The van der Waals surface area contributed by atoms with Crippen LogP contribution in [0, 0.1) is 18.8 Å². The molecule has 3 rings (SSSR count). The van der Waals surface area contributed by atoms with E-state index in [1.54, 1.807) is 6.07 Å². The minimum absolute atomic E-state index is 0.0376. The van der Waals surface area contributed by atoms with Crippen LogP contribution in [-0.2, 0) is 12.8 Å². The maximum Gasteiger partial charge on any atom is 0.292 e. The molecule has 1 fully saturated rings. The van der Waals surface area contributed by atoms with Crippen LogP contribution in [0.4, 0.5) is 0 Å². The van der Waals surface area contributed by atoms with Crippen LogP contribution in [0.3, 0.4) is 0 Å². The summed E-state index contributed by atoms with van der Waals surface area (Å²) in [6.45, 7) is 7.82. The van der Waals surface area contributed by atoms with E-state index in [4.69, 9.17) is 4.52 Å². The van der Waals surface area contributed by atoms with Gasteiger partial charge in [0.1, 0.15) is 0 Å². The Labute approximate surface area is 149 Å². The van der Waals surface area contributed by atoms with Crippen molar-refractivity contribution in [2.45, 2.75) is 46.5 Å². The van der Waals surface area contributed by atoms with E-state index in [-0.39, 0.29) is 5.91 Å². The number of pyridine rings is 1. The maximum atomic E-state index is 12.7. The molecule has 0 N–H and O–H groups in total. The molecule has 25 heavy (non-hydrogen) atoms. The largest absolute Gasteiger partial charge is 0.351 e. The monoisotopic (exact) mass is 341 g/mol. The Bertz CT molecular complexity index is 723. The lowest BCUT2D eigenvalue weighted by Crippen LogP contribution is -2.40. The van der Waals surface area contributed by atoms with E-state index < -0.39 is 0 Å². The first kappa shape index (κ1) is 17.6. The smallest absolute Gasteiger partial charge is 0.292 e. The highest BCUT2D eigenvalue weighted by Gasteiger charge is 2.27. The second kappa shape index (κ2) is 7.81. The standard InChI is InChI=1S/C20H27N3O2/c1-14(2)10-18-12-19(25-22-18)20(24)23-9-5-7-16(13-23)11-17-8-4-6-15(3)21-17/h4,6,8,12,14,16H,5,7,9-11,13H2,1-3H3. The molecule has 1 aliphatic heterocycles. The third-order valence-corrected chi connectivity index (χ3v) is 4.64. The van der Waals surface area contributed by atoms with Gasteiger partial charge < -0.3 is 9.42 Å². The highest BCUT2D eigenvalue weighted by atomic mass is 16.5. The molecule has 5 nitrogen and oxygen atoms in total. The van der Waals surface area contributed by atoms with Crippen molar-refractivity contribution in [3.05, 3.63) is 47.1 Å². The zero-order valence-corrected chi connectivity index (χ0v) is 15.4. The van der Waals surface area contributed by atoms with Crippen molar-refractivity contribution in [3.63, 3.8) is 0 Å². The van der Waals surface area contributed by atoms with E-state index in [0.29, 0.717) is 17.6 Å². The second-order valence-electron chi connectivity index (χ2n) is 7.51. The fourth-order valence-corrected chi connectivity index (χ4v) is 3.51. The van der Waals surface area contributed by atoms with Gasteiger partial charge in [-0.1, -0.05) is 25.1 Å². The molecule has 0 spiro atoms. The van der Waals surface area contributed by atoms with Crippen molar-refractivity contribution in [2.24, 2.45) is 11.8 Å². The summed E-state index contributed by atoms with van der Waals surface area (Å²) in [5.41, 5.74) is 3.01. The number of likely N-dealkylation sites (tertiary alicyclic amines) is 1. The molecule has 134 valence electrons. The molecule has 2 aromatic heterocycles. The summed E-state index contributed by atoms with van der Waals surface area (Å²) in [6, 6.07) is 7.93. The Morgan fingerprint density at radius 1 is 1.36 bits per heavy atom. The Hall–Kier alpha value is -2.17. The lowest BCUT2D eigenvalue weighted by atomic mass is 9.93. The number of piperidine rings is 1. The summed E-state index contributed by atoms with van der Waals surface area (Å²) in [6.07, 6.45) is 3.91. The van der Waals surface area contributed by atoms with Gasteiger partial charge in [-0.05, 0) is 56.6 Å². The molecule has 1 saturated heterocycles. The number of carbonyl (C=O) groups excluding carboxylic acids is 1. The average Bonchev–Trinajstić information content (AvgIpc) is 3.02. The second-order valence-corrected chi connectivity index (χ2v) is 7.51. The summed E-state index contributed by atoms with van der Waals surface area (Å²) < 4.78 is 5.30. The van der Waals surface area contributed by atoms with Gasteiger partial charge in [-0.2, -0.15) is 0 Å². The Morgan fingerprint density at radius 2 is 2.20 bits per heavy atom. The van der Waals surface area contributed by atoms with Gasteiger partial charge in [0.25, 0.3) is 5.91 Å². The number of rotatable bonds is 5. The SMILES string of the molecule is Cc1cccc(CC2CCCN(C(=O)c3cc(CC(C)C)no3)C2)n1. The molecule has 1 aliphatic rings. The van der Waals surface area contributed by atoms with Gasteiger partial charge in [0.15, 0.2) is 0 Å². The van der Waals surface area contributed by atoms with Gasteiger partial charge in [0.2, 0.25) is 5.76 Å². The average molecular weight is 341 g/mol. The van der Waals surface area contributed by atoms with Crippen LogP contribution in [0.15, 0.2) is 28.8 Å². The quantitative estimate of drug-likeness (QED) is 0.832. The first-order valence-electron chi connectivity index (χ1n) is 9.18. The van der Waals surface area contributed by atoms with Gasteiger partial charge in [0.05, 0.1) is 5.69 Å². The number of hydrogen-bond acceptors (Lipinski definition) is 4. The minimum Gasteiger partial charge on any atom is -0.351 e. The zero-order valence-electron chi connectivity index (χ0n) is 15.4. The van der Waals surface area contributed by atoms with Gasteiger partial charge in [-0.25, -0.2) is 0 Å². The Morgan fingerprint density at radius 3 is 2.96 bits per heavy atom. The highest BCUT2D eigenvalue weighted by molar-refractivity contribution is 5.91. The Balaban J connectivity index is 1.62. The topological polar surface area (TPSA) is 59.2 Å². The third kappa shape index (κ3) is 4.68. The zero-order chi connectivity index (χ0) is 17.8. The van der Waals surface area contributed by atoms with Crippen molar-refractivity contribution < 1.29 is 9.32 Å². The fraction of sp³-hybridized carbons (Fsp3) is 0.550. The number of hydrogen-bond donors (Lipinski definition) is 0. The van der Waals surface area contributed by atoms with Crippen LogP contribution < -0.4 is 0 Å². The molecule has 0 bridgehead atoms. The molecule has 2 aromatic rings. The van der Waals surface area contributed by atoms with Gasteiger partial charge in [0, 0.05) is 30.5 Å². The van der Waals surface area contributed by atoms with Crippen molar-refractivity contribution in [1.82, 2.24) is 15.0 Å². The van der Waals surface area contributed by atoms with Crippen LogP contribution in [-0.4, -0.2) is 34.0 Å². The summed E-state index contributed by atoms with van der Waals surface area (Å²) in [5.74, 6) is 1.27. The summed E-state index contributed by atoms with van der Waals surface area (Å²) in [7, 11) is 0. The van der Waals surface area contributed by atoms with E-state index in [9.17, 15) is 4.79 Å². The van der Waals surface area contributed by atoms with Crippen LogP contribution in [0.1, 0.15) is 54.3 Å². The van der Waals surface area contributed by atoms with E-state index in [1.807, 2.05) is 24.0 Å². The van der Waals surface area contributed by atoms with Gasteiger partial charge >= 0.3 is 0 Å². The number of nitrogens with zero attached hydrogens (tertiary/aromatic N) is 3. The van der Waals surface area contributed by atoms with Crippen molar-refractivity contribution in [2.75, 3.05) is 13.1 Å². The van der Waals surface area contributed by atoms with Gasteiger partial charge in [-0.3, -0.25) is 9.78 Å². The summed E-state index contributed by atoms with van der Waals surface area (Å²) >= 11 is 0. The number of aryl methyl sites for hydroxylation is 1. The first-order chi connectivity index (χ1) is 12.0. The summed E-state index contributed by atoms with van der Waals surface area (Å²) in [5, 5.41) is 4.04. The molecule has 5 heteroatoms. The van der Waals surface area contributed by atoms with Crippen LogP contribution >= 0.6 is 0 Å². The minimum atomic E-state index is -0.0376. The normalized spacial score (nSPS) is 17.9. The molecule has 3 heterocycles. The number of amides is 1. The van der Waals surface area contributed by atoms with E-state index in [2.05, 4.69) is 30.1 Å². The molecule has 1 amide bonds. The van der Waals surface area contributed by atoms with E-state index in [1.165, 1.54) is 0 Å². The predicted octanol–water partition coefficient (Wildman–Crippen LogP) is 3.67. The molecule has 1 atom stereocenters. The Kier molecular flexibility index (Phi) is 5.51. The molecule has 1 unspecified atom stereocenters. The van der Waals surface area contributed by atoms with Crippen molar-refractivity contribution in [3.8, 4) is 0 Å². The molecule has 0 saturated carbocycles. The van der Waals surface area contributed by atoms with E-state index in [0.717, 1.165) is 55.9 Å². The van der Waals surface area contributed by atoms with Crippen LogP contribution in [0.25, 0.3) is 0 Å². The number of carbonyl (C=O) groups is 1. The van der Waals surface area contributed by atoms with Crippen LogP contribution in [0.2, 0.25) is 0 Å². The molecule has 0 aromatic carbocycles. The maximum absolute atomic E-state index is 12.7. The lowest BCUT2D eigenvalue weighted by molar-refractivity contribution is 0.0631. The third-order valence-electron chi connectivity index (χ3n) is 4.64. The molecule has 0 aliphatic carbocycles. The molecular formula is C20H27N3O2. The predicted molar refractivity (Wildman–Crippen MR) is 96.4 cm³/mol. The van der Waals surface area contributed by atoms with E-state index >= 15 is 0 Å².